The van der Waals surface area contributed by atoms with Crippen LogP contribution >= 0.6 is 19.9 Å². The Kier molecular flexibility index (Phi) is 7.73. The van der Waals surface area contributed by atoms with E-state index in [0.717, 1.165) is 0 Å². The van der Waals surface area contributed by atoms with Gasteiger partial charge in [-0.2, -0.15) is 0 Å². The Morgan fingerprint density at radius 1 is 0.733 bits per heavy atom. The third-order valence-electron chi connectivity index (χ3n) is 0.820. The van der Waals surface area contributed by atoms with Crippen molar-refractivity contribution in [3.05, 3.63) is 0 Å². The van der Waals surface area contributed by atoms with E-state index in [1.807, 2.05) is 0 Å². The fourth-order valence-corrected chi connectivity index (χ4v) is 21.1. The number of rotatable bonds is 6. The molecule has 0 bridgehead atoms. The predicted octanol–water partition coefficient (Wildman–Crippen LogP) is 3.15. The molecule has 0 radical (unpaired) electrons. The molecule has 2 atom stereocenters. The quantitative estimate of drug-likeness (QED) is 0.625. The van der Waals surface area contributed by atoms with Crippen LogP contribution in [0.25, 0.3) is 0 Å². The Bertz CT molecular complexity index is 178. The zero-order valence-corrected chi connectivity index (χ0v) is 17.1. The second-order valence-electron chi connectivity index (χ2n) is 4.91. The Morgan fingerprint density at radius 3 is 1.20 bits per heavy atom. The third-order valence-corrected chi connectivity index (χ3v) is 19.7. The van der Waals surface area contributed by atoms with E-state index < -0.39 is 45.4 Å². The summed E-state index contributed by atoms with van der Waals surface area (Å²) in [5.74, 6) is 0. The van der Waals surface area contributed by atoms with Crippen molar-refractivity contribution in [3.63, 3.8) is 0 Å². The minimum absolute atomic E-state index is 1.62. The van der Waals surface area contributed by atoms with Gasteiger partial charge in [-0.3, -0.25) is 0 Å². The van der Waals surface area contributed by atoms with Crippen molar-refractivity contribution in [2.45, 2.75) is 39.3 Å². The number of hydrogen-bond donors (Lipinski definition) is 0. The standard InChI is InChI=1S/C6H18As2Cl2O3Si2/c1-14(2,3)12-7(9)11-8(10)13-15(4,5)6/h1-6H3. The van der Waals surface area contributed by atoms with E-state index in [0.29, 0.717) is 0 Å². The van der Waals surface area contributed by atoms with Gasteiger partial charge in [-0.25, -0.2) is 0 Å². The van der Waals surface area contributed by atoms with Gasteiger partial charge in [-0.05, 0) is 0 Å². The zero-order valence-electron chi connectivity index (χ0n) is 9.88. The minimum atomic E-state index is -2.18. The summed E-state index contributed by atoms with van der Waals surface area (Å²) in [7, 11) is 8.79. The first-order valence-electron chi connectivity index (χ1n) is 4.48. The van der Waals surface area contributed by atoms with Crippen LogP contribution in [0.5, 0.6) is 0 Å². The van der Waals surface area contributed by atoms with E-state index in [1.54, 1.807) is 0 Å². The van der Waals surface area contributed by atoms with E-state index in [-0.39, 0.29) is 0 Å². The fraction of sp³-hybridized carbons (Fsp3) is 1.00. The van der Waals surface area contributed by atoms with Gasteiger partial charge in [0.25, 0.3) is 0 Å². The maximum absolute atomic E-state index is 6.01. The molecule has 0 amide bonds. The van der Waals surface area contributed by atoms with Gasteiger partial charge in [0.1, 0.15) is 0 Å². The number of hydrogen-bond acceptors (Lipinski definition) is 3. The molecule has 0 aliphatic heterocycles. The molecular weight excluding hydrogens is 397 g/mol. The van der Waals surface area contributed by atoms with Crippen molar-refractivity contribution in [3.8, 4) is 0 Å². The van der Waals surface area contributed by atoms with Crippen LogP contribution in [0, 0.1) is 0 Å². The molecule has 0 saturated heterocycles. The molecule has 0 heterocycles. The molecule has 0 rings (SSSR count). The summed E-state index contributed by atoms with van der Waals surface area (Å²) in [6.45, 7) is 12.4. The van der Waals surface area contributed by atoms with Gasteiger partial charge in [-0.1, -0.05) is 0 Å². The second kappa shape index (κ2) is 6.81. The topological polar surface area (TPSA) is 27.7 Å². The Hall–Kier alpha value is 2.01. The van der Waals surface area contributed by atoms with Gasteiger partial charge < -0.3 is 0 Å². The van der Waals surface area contributed by atoms with Gasteiger partial charge in [0.15, 0.2) is 0 Å². The van der Waals surface area contributed by atoms with E-state index in [2.05, 4.69) is 39.3 Å². The zero-order chi connectivity index (χ0) is 12.3. The SMILES string of the molecule is C[Si](C)(C)O[As](Cl)O[As](Cl)O[Si](C)(C)C. The monoisotopic (exact) mass is 414 g/mol. The van der Waals surface area contributed by atoms with Gasteiger partial charge in [0.05, 0.1) is 0 Å². The maximum atomic E-state index is 6.01. The molecule has 0 saturated carbocycles. The van der Waals surface area contributed by atoms with E-state index in [9.17, 15) is 0 Å². The van der Waals surface area contributed by atoms with E-state index in [1.165, 1.54) is 0 Å². The predicted molar refractivity (Wildman–Crippen MR) is 73.2 cm³/mol. The Morgan fingerprint density at radius 2 is 1.00 bits per heavy atom. The molecule has 0 aromatic heterocycles. The molecule has 0 aromatic carbocycles. The molecule has 9 heteroatoms. The average molecular weight is 415 g/mol. The first-order valence-corrected chi connectivity index (χ1v) is 19.3. The van der Waals surface area contributed by atoms with Crippen LogP contribution in [-0.2, 0) is 9.55 Å². The summed E-state index contributed by atoms with van der Waals surface area (Å²) in [5.41, 5.74) is 0. The summed E-state index contributed by atoms with van der Waals surface area (Å²) in [5, 5.41) is 0. The Labute approximate surface area is 113 Å². The van der Waals surface area contributed by atoms with Crippen molar-refractivity contribution in [1.82, 2.24) is 0 Å². The molecule has 3 nitrogen and oxygen atoms in total. The van der Waals surface area contributed by atoms with Crippen LogP contribution in [-0.4, -0.2) is 45.4 Å². The van der Waals surface area contributed by atoms with Crippen LogP contribution in [0.15, 0.2) is 0 Å². The Balaban J connectivity index is 3.92. The molecular formula is C6H18As2Cl2O3Si2. The van der Waals surface area contributed by atoms with Gasteiger partial charge in [0.2, 0.25) is 0 Å². The summed E-state index contributed by atoms with van der Waals surface area (Å²) < 4.78 is 16.7. The third kappa shape index (κ3) is 12.3. The summed E-state index contributed by atoms with van der Waals surface area (Å²) in [4.78, 5) is 0. The fourth-order valence-electron chi connectivity index (χ4n) is 0.514. The molecule has 0 spiro atoms. The first-order chi connectivity index (χ1) is 6.49. The van der Waals surface area contributed by atoms with Crippen LogP contribution in [0.2, 0.25) is 39.3 Å². The van der Waals surface area contributed by atoms with Crippen LogP contribution in [0.3, 0.4) is 0 Å². The molecule has 15 heavy (non-hydrogen) atoms. The summed E-state index contributed by atoms with van der Waals surface area (Å²) in [6, 6.07) is 0. The normalized spacial score (nSPS) is 17.6. The van der Waals surface area contributed by atoms with E-state index in [4.69, 9.17) is 29.4 Å². The summed E-state index contributed by atoms with van der Waals surface area (Å²) >= 11 is -4.35. The number of halogens is 2. The average Bonchev–Trinajstić information content (AvgIpc) is 1.73. The molecule has 0 aromatic rings. The van der Waals surface area contributed by atoms with Crippen molar-refractivity contribution >= 4 is 65.3 Å². The molecule has 0 N–H and O–H groups in total. The van der Waals surface area contributed by atoms with Gasteiger partial charge in [-0.15, -0.1) is 0 Å². The first kappa shape index (κ1) is 17.0. The van der Waals surface area contributed by atoms with Crippen LogP contribution in [0.1, 0.15) is 0 Å². The van der Waals surface area contributed by atoms with Gasteiger partial charge >= 0.3 is 114 Å². The van der Waals surface area contributed by atoms with Crippen molar-refractivity contribution in [2.75, 3.05) is 0 Å². The van der Waals surface area contributed by atoms with Crippen LogP contribution in [0.4, 0.5) is 0 Å². The van der Waals surface area contributed by atoms with Gasteiger partial charge in [0, 0.05) is 0 Å². The molecule has 2 unspecified atom stereocenters. The van der Waals surface area contributed by atoms with Crippen molar-refractivity contribution < 1.29 is 9.55 Å². The van der Waals surface area contributed by atoms with E-state index >= 15 is 0 Å². The van der Waals surface area contributed by atoms with Crippen LogP contribution < -0.4 is 0 Å². The summed E-state index contributed by atoms with van der Waals surface area (Å²) in [6.07, 6.45) is 0. The molecule has 0 aliphatic rings. The van der Waals surface area contributed by atoms with Crippen molar-refractivity contribution in [1.29, 1.82) is 0 Å². The second-order valence-corrected chi connectivity index (χ2v) is 22.8. The van der Waals surface area contributed by atoms with Crippen molar-refractivity contribution in [2.24, 2.45) is 0 Å². The molecule has 0 aliphatic carbocycles. The molecule has 0 fully saturated rings. The molecule has 92 valence electrons.